The number of nitrogens with zero attached hydrogens (tertiary/aromatic N) is 1. The molecule has 1 saturated heterocycles. The summed E-state index contributed by atoms with van der Waals surface area (Å²) in [5.74, 6) is 1.32. The van der Waals surface area contributed by atoms with Gasteiger partial charge in [0, 0.05) is 31.0 Å². The van der Waals surface area contributed by atoms with Crippen LogP contribution in [0, 0.1) is 5.92 Å². The largest absolute Gasteiger partial charge is 0.496 e. The molecule has 1 aliphatic heterocycles. The van der Waals surface area contributed by atoms with Crippen LogP contribution >= 0.6 is 0 Å². The molecule has 3 nitrogen and oxygen atoms in total. The number of carbonyl (C=O) groups excluding carboxylic acids is 1. The number of amides is 1. The Morgan fingerprint density at radius 1 is 1.53 bits per heavy atom. The lowest BCUT2D eigenvalue weighted by molar-refractivity contribution is -0.128. The van der Waals surface area contributed by atoms with E-state index in [9.17, 15) is 4.79 Å². The standard InChI is InChI=1S/C14H17NO2/c1-3-11-8-14(16)15(9-11)10-12-6-4-5-7-13(12)17-2/h3-7,11H,1,8-10H2,2H3. The Kier molecular flexibility index (Phi) is 3.47. The van der Waals surface area contributed by atoms with Crippen LogP contribution in [-0.4, -0.2) is 24.5 Å². The van der Waals surface area contributed by atoms with Gasteiger partial charge in [-0.15, -0.1) is 6.58 Å². The van der Waals surface area contributed by atoms with Crippen molar-refractivity contribution in [2.24, 2.45) is 5.92 Å². The fraction of sp³-hybridized carbons (Fsp3) is 0.357. The molecule has 17 heavy (non-hydrogen) atoms. The van der Waals surface area contributed by atoms with Gasteiger partial charge in [0.1, 0.15) is 5.75 Å². The second-order valence-electron chi connectivity index (χ2n) is 4.29. The molecule has 1 aromatic rings. The van der Waals surface area contributed by atoms with Crippen molar-refractivity contribution in [2.45, 2.75) is 13.0 Å². The van der Waals surface area contributed by atoms with E-state index >= 15 is 0 Å². The lowest BCUT2D eigenvalue weighted by Gasteiger charge is -2.17. The summed E-state index contributed by atoms with van der Waals surface area (Å²) in [6, 6.07) is 7.80. The highest BCUT2D eigenvalue weighted by molar-refractivity contribution is 5.79. The van der Waals surface area contributed by atoms with Crippen LogP contribution in [0.5, 0.6) is 5.75 Å². The number of para-hydroxylation sites is 1. The van der Waals surface area contributed by atoms with Gasteiger partial charge in [0.25, 0.3) is 0 Å². The molecular weight excluding hydrogens is 214 g/mol. The monoisotopic (exact) mass is 231 g/mol. The Balaban J connectivity index is 2.11. The maximum Gasteiger partial charge on any atom is 0.223 e. The molecule has 0 aromatic heterocycles. The second-order valence-corrected chi connectivity index (χ2v) is 4.29. The van der Waals surface area contributed by atoms with Crippen LogP contribution in [0.3, 0.4) is 0 Å². The summed E-state index contributed by atoms with van der Waals surface area (Å²) in [5, 5.41) is 0. The Bertz CT molecular complexity index is 428. The summed E-state index contributed by atoms with van der Waals surface area (Å²) in [6.07, 6.45) is 2.44. The molecule has 0 N–H and O–H groups in total. The number of likely N-dealkylation sites (tertiary alicyclic amines) is 1. The number of benzene rings is 1. The van der Waals surface area contributed by atoms with Crippen molar-refractivity contribution in [3.63, 3.8) is 0 Å². The van der Waals surface area contributed by atoms with Crippen molar-refractivity contribution in [1.29, 1.82) is 0 Å². The van der Waals surface area contributed by atoms with Crippen LogP contribution in [-0.2, 0) is 11.3 Å². The zero-order chi connectivity index (χ0) is 12.3. The Labute approximate surface area is 102 Å². The third-order valence-electron chi connectivity index (χ3n) is 3.13. The third kappa shape index (κ3) is 2.49. The van der Waals surface area contributed by atoms with Crippen molar-refractivity contribution in [3.05, 3.63) is 42.5 Å². The van der Waals surface area contributed by atoms with Crippen molar-refractivity contribution in [1.82, 2.24) is 4.90 Å². The lowest BCUT2D eigenvalue weighted by atomic mass is 10.1. The molecular formula is C14H17NO2. The Morgan fingerprint density at radius 2 is 2.29 bits per heavy atom. The summed E-state index contributed by atoms with van der Waals surface area (Å²) >= 11 is 0. The van der Waals surface area contributed by atoms with Crippen LogP contribution in [0.25, 0.3) is 0 Å². The predicted octanol–water partition coefficient (Wildman–Crippen LogP) is 2.23. The van der Waals surface area contributed by atoms with E-state index in [0.717, 1.165) is 17.9 Å². The Morgan fingerprint density at radius 3 is 2.94 bits per heavy atom. The van der Waals surface area contributed by atoms with Gasteiger partial charge in [0.05, 0.1) is 7.11 Å². The minimum atomic E-state index is 0.195. The zero-order valence-electron chi connectivity index (χ0n) is 10.1. The highest BCUT2D eigenvalue weighted by Gasteiger charge is 2.27. The average Bonchev–Trinajstić information content (AvgIpc) is 2.71. The minimum absolute atomic E-state index is 0.195. The number of rotatable bonds is 4. The fourth-order valence-electron chi connectivity index (χ4n) is 2.15. The van der Waals surface area contributed by atoms with Crippen molar-refractivity contribution in [3.8, 4) is 5.75 Å². The first-order valence-electron chi connectivity index (χ1n) is 5.77. The third-order valence-corrected chi connectivity index (χ3v) is 3.13. The minimum Gasteiger partial charge on any atom is -0.496 e. The summed E-state index contributed by atoms with van der Waals surface area (Å²) in [7, 11) is 1.65. The molecule has 1 aliphatic rings. The van der Waals surface area contributed by atoms with E-state index in [1.165, 1.54) is 0 Å². The molecule has 1 unspecified atom stereocenters. The average molecular weight is 231 g/mol. The topological polar surface area (TPSA) is 29.5 Å². The summed E-state index contributed by atoms with van der Waals surface area (Å²) in [6.45, 7) is 5.13. The molecule has 1 atom stereocenters. The molecule has 90 valence electrons. The number of hydrogen-bond donors (Lipinski definition) is 0. The maximum atomic E-state index is 11.8. The van der Waals surface area contributed by atoms with Gasteiger partial charge in [-0.05, 0) is 6.07 Å². The van der Waals surface area contributed by atoms with Crippen LogP contribution in [0.2, 0.25) is 0 Å². The van der Waals surface area contributed by atoms with Gasteiger partial charge in [-0.2, -0.15) is 0 Å². The molecule has 1 heterocycles. The van der Waals surface area contributed by atoms with Crippen molar-refractivity contribution < 1.29 is 9.53 Å². The van der Waals surface area contributed by atoms with Crippen molar-refractivity contribution >= 4 is 5.91 Å². The zero-order valence-corrected chi connectivity index (χ0v) is 10.1. The molecule has 0 bridgehead atoms. The molecule has 0 spiro atoms. The SMILES string of the molecule is C=CC1CC(=O)N(Cc2ccccc2OC)C1. The van der Waals surface area contributed by atoms with Gasteiger partial charge in [0.15, 0.2) is 0 Å². The number of ether oxygens (including phenoxy) is 1. The van der Waals surface area contributed by atoms with Gasteiger partial charge in [-0.1, -0.05) is 24.3 Å². The van der Waals surface area contributed by atoms with Gasteiger partial charge in [0.2, 0.25) is 5.91 Å². The molecule has 0 radical (unpaired) electrons. The first kappa shape index (κ1) is 11.7. The summed E-state index contributed by atoms with van der Waals surface area (Å²) in [4.78, 5) is 13.7. The number of methoxy groups -OCH3 is 1. The van der Waals surface area contributed by atoms with E-state index in [4.69, 9.17) is 4.74 Å². The van der Waals surface area contributed by atoms with E-state index in [2.05, 4.69) is 6.58 Å². The van der Waals surface area contributed by atoms with E-state index < -0.39 is 0 Å². The quantitative estimate of drug-likeness (QED) is 0.744. The molecule has 2 rings (SSSR count). The summed E-state index contributed by atoms with van der Waals surface area (Å²) < 4.78 is 5.29. The maximum absolute atomic E-state index is 11.8. The second kappa shape index (κ2) is 5.04. The Hall–Kier alpha value is -1.77. The van der Waals surface area contributed by atoms with Gasteiger partial charge >= 0.3 is 0 Å². The number of carbonyl (C=O) groups is 1. The number of hydrogen-bond acceptors (Lipinski definition) is 2. The van der Waals surface area contributed by atoms with E-state index in [0.29, 0.717) is 13.0 Å². The van der Waals surface area contributed by atoms with Gasteiger partial charge in [-0.3, -0.25) is 4.79 Å². The van der Waals surface area contributed by atoms with Crippen molar-refractivity contribution in [2.75, 3.05) is 13.7 Å². The summed E-state index contributed by atoms with van der Waals surface area (Å²) in [5.41, 5.74) is 1.05. The van der Waals surface area contributed by atoms with E-state index in [-0.39, 0.29) is 11.8 Å². The first-order chi connectivity index (χ1) is 8.24. The van der Waals surface area contributed by atoms with Gasteiger partial charge < -0.3 is 9.64 Å². The van der Waals surface area contributed by atoms with Gasteiger partial charge in [-0.25, -0.2) is 0 Å². The smallest absolute Gasteiger partial charge is 0.223 e. The normalized spacial score (nSPS) is 19.5. The molecule has 1 amide bonds. The van der Waals surface area contributed by atoms with Crippen LogP contribution in [0.1, 0.15) is 12.0 Å². The first-order valence-corrected chi connectivity index (χ1v) is 5.77. The molecule has 1 aromatic carbocycles. The highest BCUT2D eigenvalue weighted by Crippen LogP contribution is 2.24. The van der Waals surface area contributed by atoms with Crippen LogP contribution in [0.4, 0.5) is 0 Å². The van der Waals surface area contributed by atoms with E-state index in [1.54, 1.807) is 7.11 Å². The predicted molar refractivity (Wildman–Crippen MR) is 66.7 cm³/mol. The fourth-order valence-corrected chi connectivity index (χ4v) is 2.15. The molecule has 1 fully saturated rings. The molecule has 3 heteroatoms. The lowest BCUT2D eigenvalue weighted by Crippen LogP contribution is -2.24. The van der Waals surface area contributed by atoms with Crippen LogP contribution < -0.4 is 4.74 Å². The molecule has 0 saturated carbocycles. The van der Waals surface area contributed by atoms with Crippen LogP contribution in [0.15, 0.2) is 36.9 Å². The molecule has 0 aliphatic carbocycles. The highest BCUT2D eigenvalue weighted by atomic mass is 16.5. The van der Waals surface area contributed by atoms with E-state index in [1.807, 2.05) is 35.2 Å².